The van der Waals surface area contributed by atoms with Gasteiger partial charge in [-0.25, -0.2) is 0 Å². The second kappa shape index (κ2) is 12.2. The van der Waals surface area contributed by atoms with E-state index in [-0.39, 0.29) is 0 Å². The Kier molecular flexibility index (Phi) is 11.0. The maximum absolute atomic E-state index is 5.52. The molecule has 1 heterocycles. The molecule has 0 spiro atoms. The predicted octanol–water partition coefficient (Wildman–Crippen LogP) is -0.129. The third kappa shape index (κ3) is 9.13. The number of nitrogens with one attached hydrogen (secondary N) is 1. The van der Waals surface area contributed by atoms with E-state index in [2.05, 4.69) is 22.8 Å². The van der Waals surface area contributed by atoms with Crippen molar-refractivity contribution in [3.8, 4) is 0 Å². The van der Waals surface area contributed by atoms with Gasteiger partial charge in [-0.3, -0.25) is 4.90 Å². The molecule has 6 heteroatoms. The lowest BCUT2D eigenvalue weighted by molar-refractivity contribution is 0.0126. The first kappa shape index (κ1) is 16.2. The smallest absolute Gasteiger partial charge is 0.0701 e. The minimum atomic E-state index is 0.634. The van der Waals surface area contributed by atoms with Gasteiger partial charge in [0.15, 0.2) is 0 Å². The van der Waals surface area contributed by atoms with Crippen LogP contribution in [0.3, 0.4) is 0 Å². The Morgan fingerprint density at radius 1 is 0.833 bits per heavy atom. The molecule has 1 rings (SSSR count). The molecular weight excluding hydrogens is 252 g/mol. The Morgan fingerprint density at radius 2 is 1.39 bits per heavy atom. The van der Waals surface area contributed by atoms with Crippen LogP contribution >= 0.6 is 12.6 Å². The second-order valence-electron chi connectivity index (χ2n) is 4.15. The first-order valence-corrected chi connectivity index (χ1v) is 7.34. The van der Waals surface area contributed by atoms with Crippen LogP contribution in [0.5, 0.6) is 0 Å². The van der Waals surface area contributed by atoms with Crippen LogP contribution in [0.25, 0.3) is 0 Å². The summed E-state index contributed by atoms with van der Waals surface area (Å²) >= 11 is 4.05. The maximum atomic E-state index is 5.52. The average molecular weight is 278 g/mol. The summed E-state index contributed by atoms with van der Waals surface area (Å²) < 4.78 is 16.1. The van der Waals surface area contributed by atoms with Crippen LogP contribution in [0.4, 0.5) is 0 Å². The molecule has 1 N–H and O–H groups in total. The highest BCUT2D eigenvalue weighted by Crippen LogP contribution is 1.91. The van der Waals surface area contributed by atoms with Crippen molar-refractivity contribution >= 4 is 12.6 Å². The highest BCUT2D eigenvalue weighted by atomic mass is 32.1. The molecule has 5 nitrogen and oxygen atoms in total. The topological polar surface area (TPSA) is 43.0 Å². The van der Waals surface area contributed by atoms with Gasteiger partial charge in [-0.2, -0.15) is 12.6 Å². The number of thiol groups is 1. The van der Waals surface area contributed by atoms with Gasteiger partial charge in [-0.15, -0.1) is 0 Å². The van der Waals surface area contributed by atoms with E-state index in [0.717, 1.165) is 45.1 Å². The zero-order chi connectivity index (χ0) is 12.9. The summed E-state index contributed by atoms with van der Waals surface area (Å²) in [6.45, 7) is 9.52. The van der Waals surface area contributed by atoms with Crippen LogP contribution in [0, 0.1) is 0 Å². The van der Waals surface area contributed by atoms with Crippen LogP contribution in [-0.2, 0) is 14.2 Å². The van der Waals surface area contributed by atoms with Gasteiger partial charge in [-0.1, -0.05) is 0 Å². The molecule has 0 saturated carbocycles. The van der Waals surface area contributed by atoms with Crippen molar-refractivity contribution in [3.05, 3.63) is 0 Å². The lowest BCUT2D eigenvalue weighted by atomic mass is 10.4. The lowest BCUT2D eigenvalue weighted by Gasteiger charge is -2.26. The summed E-state index contributed by atoms with van der Waals surface area (Å²) in [6.07, 6.45) is 0. The zero-order valence-electron chi connectivity index (χ0n) is 11.1. The highest BCUT2D eigenvalue weighted by Gasteiger charge is 2.07. The Morgan fingerprint density at radius 3 is 2.00 bits per heavy atom. The van der Waals surface area contributed by atoms with Crippen molar-refractivity contribution in [3.63, 3.8) is 0 Å². The zero-order valence-corrected chi connectivity index (χ0v) is 12.0. The molecule has 0 atom stereocenters. The lowest BCUT2D eigenvalue weighted by Crippen LogP contribution is -2.44. The summed E-state index contributed by atoms with van der Waals surface area (Å²) in [5.74, 6) is 0.759. The van der Waals surface area contributed by atoms with Gasteiger partial charge in [0, 0.05) is 38.5 Å². The van der Waals surface area contributed by atoms with Gasteiger partial charge < -0.3 is 19.5 Å². The Bertz CT molecular complexity index is 181. The van der Waals surface area contributed by atoms with Gasteiger partial charge in [0.2, 0.25) is 0 Å². The van der Waals surface area contributed by atoms with Gasteiger partial charge in [-0.05, 0) is 0 Å². The monoisotopic (exact) mass is 278 g/mol. The number of rotatable bonds is 11. The van der Waals surface area contributed by atoms with E-state index in [1.807, 2.05) is 0 Å². The van der Waals surface area contributed by atoms with Crippen molar-refractivity contribution in [2.45, 2.75) is 0 Å². The average Bonchev–Trinajstić information content (AvgIpc) is 2.42. The summed E-state index contributed by atoms with van der Waals surface area (Å²) in [5.41, 5.74) is 0. The molecule has 1 fully saturated rings. The molecule has 108 valence electrons. The molecule has 1 saturated heterocycles. The second-order valence-corrected chi connectivity index (χ2v) is 4.60. The number of piperazine rings is 1. The van der Waals surface area contributed by atoms with Crippen LogP contribution in [0.1, 0.15) is 0 Å². The fourth-order valence-electron chi connectivity index (χ4n) is 1.73. The summed E-state index contributed by atoms with van der Waals surface area (Å²) in [4.78, 5) is 2.42. The molecule has 0 aliphatic carbocycles. The fourth-order valence-corrected chi connectivity index (χ4v) is 1.86. The standard InChI is InChI=1S/C12H26N2O3S/c18-12-11-17-10-9-16-8-7-15-6-5-14-3-1-13-2-4-14/h13,18H,1-12H2. The van der Waals surface area contributed by atoms with Crippen molar-refractivity contribution < 1.29 is 14.2 Å². The molecule has 0 aromatic rings. The minimum Gasteiger partial charge on any atom is -0.378 e. The third-order valence-electron chi connectivity index (χ3n) is 2.74. The molecular formula is C12H26N2O3S. The number of hydrogen-bond acceptors (Lipinski definition) is 6. The van der Waals surface area contributed by atoms with E-state index in [9.17, 15) is 0 Å². The summed E-state index contributed by atoms with van der Waals surface area (Å²) in [6, 6.07) is 0. The Hall–Kier alpha value is 0.150. The van der Waals surface area contributed by atoms with Crippen LogP contribution < -0.4 is 5.32 Å². The van der Waals surface area contributed by atoms with E-state index in [1.165, 1.54) is 0 Å². The Labute approximate surface area is 116 Å². The predicted molar refractivity (Wildman–Crippen MR) is 75.6 cm³/mol. The molecule has 0 unspecified atom stereocenters. The molecule has 1 aliphatic heterocycles. The summed E-state index contributed by atoms with van der Waals surface area (Å²) in [7, 11) is 0. The van der Waals surface area contributed by atoms with E-state index in [4.69, 9.17) is 14.2 Å². The highest BCUT2D eigenvalue weighted by molar-refractivity contribution is 7.80. The third-order valence-corrected chi connectivity index (χ3v) is 2.92. The quantitative estimate of drug-likeness (QED) is 0.407. The van der Waals surface area contributed by atoms with E-state index >= 15 is 0 Å². The van der Waals surface area contributed by atoms with Crippen molar-refractivity contribution in [2.75, 3.05) is 78.1 Å². The molecule has 0 aromatic heterocycles. The van der Waals surface area contributed by atoms with E-state index in [0.29, 0.717) is 33.0 Å². The van der Waals surface area contributed by atoms with Gasteiger partial charge in [0.1, 0.15) is 0 Å². The molecule has 0 aromatic carbocycles. The van der Waals surface area contributed by atoms with Gasteiger partial charge in [0.25, 0.3) is 0 Å². The first-order valence-electron chi connectivity index (χ1n) is 6.70. The van der Waals surface area contributed by atoms with E-state index < -0.39 is 0 Å². The molecule has 0 bridgehead atoms. The number of ether oxygens (including phenoxy) is 3. The molecule has 0 amide bonds. The number of nitrogens with zero attached hydrogens (tertiary/aromatic N) is 1. The Balaban J connectivity index is 1.73. The van der Waals surface area contributed by atoms with Crippen molar-refractivity contribution in [2.24, 2.45) is 0 Å². The van der Waals surface area contributed by atoms with Crippen LogP contribution in [0.15, 0.2) is 0 Å². The summed E-state index contributed by atoms with van der Waals surface area (Å²) in [5, 5.41) is 3.33. The van der Waals surface area contributed by atoms with Crippen molar-refractivity contribution in [1.29, 1.82) is 0 Å². The largest absolute Gasteiger partial charge is 0.378 e. The van der Waals surface area contributed by atoms with Gasteiger partial charge in [0.05, 0.1) is 39.6 Å². The van der Waals surface area contributed by atoms with Crippen LogP contribution in [-0.4, -0.2) is 83.0 Å². The molecule has 18 heavy (non-hydrogen) atoms. The van der Waals surface area contributed by atoms with Gasteiger partial charge >= 0.3 is 0 Å². The number of hydrogen-bond donors (Lipinski definition) is 2. The van der Waals surface area contributed by atoms with E-state index in [1.54, 1.807) is 0 Å². The first-order chi connectivity index (χ1) is 8.93. The normalized spacial score (nSPS) is 17.2. The maximum Gasteiger partial charge on any atom is 0.0701 e. The SMILES string of the molecule is SCCOCCOCCOCCN1CCNCC1. The molecule has 0 radical (unpaired) electrons. The molecule has 1 aliphatic rings. The fraction of sp³-hybridized carbons (Fsp3) is 1.00. The van der Waals surface area contributed by atoms with Crippen LogP contribution in [0.2, 0.25) is 0 Å². The minimum absolute atomic E-state index is 0.634. The van der Waals surface area contributed by atoms with Crippen molar-refractivity contribution in [1.82, 2.24) is 10.2 Å².